The Bertz CT molecular complexity index is 893. The Morgan fingerprint density at radius 1 is 1.03 bits per heavy atom. The number of hydrogen-bond acceptors (Lipinski definition) is 9. The standard InChI is InChI=1S/C20H24O9/c1-7-12(22)26-10-6-17-9-5-8(16(2,3)4)18(17)11(21)13(23)28-15(18)29-20(17,14(24)27-9)19(7,10)25/h7-11,15,21,25H,5-6H2,1-4H3/t7-,8+,9-,10+,11?,15+,17-,18+,19-,20-/m1/s1. The van der Waals surface area contributed by atoms with Crippen molar-refractivity contribution in [3.63, 3.8) is 0 Å². The maximum atomic E-state index is 13.3. The zero-order valence-electron chi connectivity index (χ0n) is 16.6. The average Bonchev–Trinajstić information content (AvgIpc) is 3.31. The Balaban J connectivity index is 1.68. The fourth-order valence-corrected chi connectivity index (χ4v) is 8.06. The molecule has 29 heavy (non-hydrogen) atoms. The number of carbonyl (C=O) groups is 3. The molecule has 0 radical (unpaired) electrons. The number of aliphatic hydroxyl groups is 2. The Kier molecular flexibility index (Phi) is 2.79. The lowest BCUT2D eigenvalue weighted by Crippen LogP contribution is -2.66. The molecular weight excluding hydrogens is 384 g/mol. The van der Waals surface area contributed by atoms with Crippen LogP contribution < -0.4 is 0 Å². The van der Waals surface area contributed by atoms with Gasteiger partial charge in [0.2, 0.25) is 11.9 Å². The summed E-state index contributed by atoms with van der Waals surface area (Å²) in [6.07, 6.45) is -3.96. The van der Waals surface area contributed by atoms with Crippen molar-refractivity contribution in [2.24, 2.45) is 28.1 Å². The molecule has 0 amide bonds. The van der Waals surface area contributed by atoms with Gasteiger partial charge >= 0.3 is 17.9 Å². The molecule has 0 bridgehead atoms. The highest BCUT2D eigenvalue weighted by molar-refractivity contribution is 5.93. The first kappa shape index (κ1) is 18.1. The molecule has 1 unspecified atom stereocenters. The fourth-order valence-electron chi connectivity index (χ4n) is 8.06. The lowest BCUT2D eigenvalue weighted by Gasteiger charge is -2.46. The molecule has 2 saturated carbocycles. The van der Waals surface area contributed by atoms with E-state index >= 15 is 0 Å². The Morgan fingerprint density at radius 3 is 2.38 bits per heavy atom. The molecule has 2 aliphatic carbocycles. The van der Waals surface area contributed by atoms with Crippen LogP contribution >= 0.6 is 0 Å². The highest BCUT2D eigenvalue weighted by Crippen LogP contribution is 2.84. The number of hydrogen-bond donors (Lipinski definition) is 2. The van der Waals surface area contributed by atoms with Crippen molar-refractivity contribution in [1.82, 2.24) is 0 Å². The SMILES string of the molecule is C[C@@H]1C(=O)O[C@H]2C[C@@]34[C@H]5C[C@@H](C(C)(C)C)[C@@]36C(O)C(=O)O[C@H]6O[C@@]4(C(=O)O5)[C@]21O. The number of rotatable bonds is 0. The molecule has 2 spiro atoms. The molecule has 6 rings (SSSR count). The molecular formula is C20H24O9. The van der Waals surface area contributed by atoms with Crippen LogP contribution in [0.1, 0.15) is 40.5 Å². The van der Waals surface area contributed by atoms with Gasteiger partial charge in [0, 0.05) is 6.42 Å². The second kappa shape index (κ2) is 4.48. The van der Waals surface area contributed by atoms with Crippen LogP contribution in [0.25, 0.3) is 0 Å². The van der Waals surface area contributed by atoms with Gasteiger partial charge in [-0.25, -0.2) is 9.59 Å². The average molecular weight is 408 g/mol. The van der Waals surface area contributed by atoms with Crippen LogP contribution in [-0.4, -0.2) is 63.9 Å². The Labute approximate surface area is 166 Å². The quantitative estimate of drug-likeness (QED) is 0.408. The van der Waals surface area contributed by atoms with E-state index in [9.17, 15) is 24.6 Å². The summed E-state index contributed by atoms with van der Waals surface area (Å²) in [5, 5.41) is 23.0. The van der Waals surface area contributed by atoms with Gasteiger partial charge in [0.05, 0.1) is 16.7 Å². The summed E-state index contributed by atoms with van der Waals surface area (Å²) in [6, 6.07) is 0. The van der Waals surface area contributed by atoms with Crippen LogP contribution in [0.15, 0.2) is 0 Å². The predicted molar refractivity (Wildman–Crippen MR) is 90.6 cm³/mol. The molecule has 9 nitrogen and oxygen atoms in total. The zero-order valence-corrected chi connectivity index (χ0v) is 16.6. The van der Waals surface area contributed by atoms with E-state index < -0.39 is 70.5 Å². The number of aliphatic hydroxyl groups excluding tert-OH is 1. The van der Waals surface area contributed by atoms with E-state index in [1.807, 2.05) is 20.8 Å². The van der Waals surface area contributed by atoms with Crippen LogP contribution in [0.2, 0.25) is 0 Å². The monoisotopic (exact) mass is 408 g/mol. The summed E-state index contributed by atoms with van der Waals surface area (Å²) in [4.78, 5) is 38.1. The van der Waals surface area contributed by atoms with Crippen molar-refractivity contribution in [1.29, 1.82) is 0 Å². The molecule has 6 aliphatic rings. The smallest absolute Gasteiger partial charge is 0.342 e. The molecule has 9 heteroatoms. The molecule has 4 saturated heterocycles. The first-order valence-electron chi connectivity index (χ1n) is 10.1. The van der Waals surface area contributed by atoms with Crippen LogP contribution in [0.4, 0.5) is 0 Å². The number of ether oxygens (including phenoxy) is 4. The van der Waals surface area contributed by atoms with Crippen molar-refractivity contribution in [3.8, 4) is 0 Å². The van der Waals surface area contributed by atoms with Crippen molar-refractivity contribution in [3.05, 3.63) is 0 Å². The van der Waals surface area contributed by atoms with Gasteiger partial charge in [-0.3, -0.25) is 4.79 Å². The van der Waals surface area contributed by atoms with Crippen molar-refractivity contribution in [2.75, 3.05) is 0 Å². The van der Waals surface area contributed by atoms with E-state index in [2.05, 4.69) is 0 Å². The third-order valence-corrected chi connectivity index (χ3v) is 8.97. The topological polar surface area (TPSA) is 129 Å². The summed E-state index contributed by atoms with van der Waals surface area (Å²) in [5.74, 6) is -3.52. The van der Waals surface area contributed by atoms with Gasteiger partial charge < -0.3 is 29.2 Å². The minimum Gasteiger partial charge on any atom is -0.459 e. The largest absolute Gasteiger partial charge is 0.459 e. The van der Waals surface area contributed by atoms with Crippen molar-refractivity contribution >= 4 is 17.9 Å². The third-order valence-electron chi connectivity index (χ3n) is 8.97. The first-order chi connectivity index (χ1) is 13.4. The van der Waals surface area contributed by atoms with Crippen molar-refractivity contribution < 1.29 is 43.5 Å². The lowest BCUT2D eigenvalue weighted by molar-refractivity contribution is -0.238. The van der Waals surface area contributed by atoms with Gasteiger partial charge in [-0.05, 0) is 24.7 Å². The maximum Gasteiger partial charge on any atom is 0.342 e. The lowest BCUT2D eigenvalue weighted by atomic mass is 9.51. The van der Waals surface area contributed by atoms with E-state index in [1.165, 1.54) is 6.92 Å². The first-order valence-corrected chi connectivity index (χ1v) is 10.1. The second-order valence-electron chi connectivity index (χ2n) is 10.6. The molecule has 10 atom stereocenters. The fraction of sp³-hybridized carbons (Fsp3) is 0.850. The van der Waals surface area contributed by atoms with E-state index in [1.54, 1.807) is 0 Å². The van der Waals surface area contributed by atoms with Gasteiger partial charge in [-0.15, -0.1) is 0 Å². The number of esters is 3. The van der Waals surface area contributed by atoms with E-state index in [4.69, 9.17) is 18.9 Å². The zero-order chi connectivity index (χ0) is 20.9. The molecule has 6 fully saturated rings. The highest BCUT2D eigenvalue weighted by Gasteiger charge is 3.01. The van der Waals surface area contributed by atoms with Crippen molar-refractivity contribution in [2.45, 2.75) is 76.3 Å². The Morgan fingerprint density at radius 2 is 1.72 bits per heavy atom. The van der Waals surface area contributed by atoms with Gasteiger partial charge in [0.15, 0.2) is 11.7 Å². The van der Waals surface area contributed by atoms with Gasteiger partial charge in [-0.1, -0.05) is 20.8 Å². The molecule has 4 heterocycles. The minimum absolute atomic E-state index is 0.0623. The Hall–Kier alpha value is -1.71. The summed E-state index contributed by atoms with van der Waals surface area (Å²) in [6.45, 7) is 7.47. The maximum absolute atomic E-state index is 13.3. The normalized spacial score (nSPS) is 59.2. The molecule has 4 aliphatic heterocycles. The highest BCUT2D eigenvalue weighted by atomic mass is 16.8. The summed E-state index contributed by atoms with van der Waals surface area (Å²) in [5.41, 5.74) is -6.81. The molecule has 0 aromatic carbocycles. The van der Waals surface area contributed by atoms with E-state index in [0.717, 1.165) is 0 Å². The number of carbonyl (C=O) groups excluding carboxylic acids is 3. The third kappa shape index (κ3) is 1.35. The van der Waals surface area contributed by atoms with Gasteiger partial charge in [-0.2, -0.15) is 0 Å². The molecule has 0 aromatic rings. The van der Waals surface area contributed by atoms with Crippen LogP contribution in [0.3, 0.4) is 0 Å². The molecule has 0 aromatic heterocycles. The summed E-state index contributed by atoms with van der Waals surface area (Å²) < 4.78 is 22.9. The van der Waals surface area contributed by atoms with Gasteiger partial charge in [0.1, 0.15) is 12.2 Å². The second-order valence-corrected chi connectivity index (χ2v) is 10.6. The van der Waals surface area contributed by atoms with Crippen LogP contribution in [0.5, 0.6) is 0 Å². The minimum atomic E-state index is -1.97. The van der Waals surface area contributed by atoms with E-state index in [-0.39, 0.29) is 17.8 Å². The van der Waals surface area contributed by atoms with E-state index in [0.29, 0.717) is 6.42 Å². The van der Waals surface area contributed by atoms with Crippen LogP contribution in [0, 0.1) is 28.1 Å². The number of fused-ring (bicyclic) bond motifs is 1. The van der Waals surface area contributed by atoms with Crippen LogP contribution in [-0.2, 0) is 33.3 Å². The predicted octanol–water partition coefficient (Wildman–Crippen LogP) is -0.340. The van der Waals surface area contributed by atoms with Gasteiger partial charge in [0.25, 0.3) is 0 Å². The summed E-state index contributed by atoms with van der Waals surface area (Å²) in [7, 11) is 0. The summed E-state index contributed by atoms with van der Waals surface area (Å²) >= 11 is 0. The molecule has 158 valence electrons. The molecule has 2 N–H and O–H groups in total.